The van der Waals surface area contributed by atoms with Gasteiger partial charge in [0.2, 0.25) is 5.75 Å². The van der Waals surface area contributed by atoms with E-state index in [1.807, 2.05) is 24.7 Å². The quantitative estimate of drug-likeness (QED) is 0.454. The number of ether oxygens (including phenoxy) is 3. The minimum absolute atomic E-state index is 0. The fourth-order valence-electron chi connectivity index (χ4n) is 2.28. The van der Waals surface area contributed by atoms with E-state index in [0.29, 0.717) is 17.2 Å². The molecule has 0 unspecified atom stereocenters. The van der Waals surface area contributed by atoms with E-state index in [-0.39, 0.29) is 24.8 Å². The van der Waals surface area contributed by atoms with E-state index in [4.69, 9.17) is 14.2 Å². The van der Waals surface area contributed by atoms with Crippen LogP contribution in [0.3, 0.4) is 0 Å². The van der Waals surface area contributed by atoms with Gasteiger partial charge in [-0.2, -0.15) is 0 Å². The molecule has 2 rings (SSSR count). The predicted molar refractivity (Wildman–Crippen MR) is 84.6 cm³/mol. The van der Waals surface area contributed by atoms with Crippen LogP contribution in [0.25, 0.3) is 0 Å². The number of benzene rings is 1. The molecule has 0 spiro atoms. The highest BCUT2D eigenvalue weighted by molar-refractivity contribution is 5.53. The third-order valence-corrected chi connectivity index (χ3v) is 3.38. The second kappa shape index (κ2) is 11.8. The molecule has 2 aromatic rings. The van der Waals surface area contributed by atoms with Gasteiger partial charge in [0.1, 0.15) is 0 Å². The van der Waals surface area contributed by atoms with Gasteiger partial charge < -0.3 is 48.9 Å². The Morgan fingerprint density at radius 2 is 1.71 bits per heavy atom. The molecule has 0 amide bonds. The lowest BCUT2D eigenvalue weighted by molar-refractivity contribution is -0.001000. The van der Waals surface area contributed by atoms with Gasteiger partial charge in [-0.3, -0.25) is 0 Å². The zero-order valence-corrected chi connectivity index (χ0v) is 15.6. The highest BCUT2D eigenvalue weighted by atomic mass is 35.5. The van der Waals surface area contributed by atoms with Crippen molar-refractivity contribution in [2.75, 3.05) is 27.9 Å². The largest absolute Gasteiger partial charge is 1.00 e. The fraction of sp³-hybridized carbons (Fsp3) is 0.438. The number of nitrogens with one attached hydrogen (secondary N) is 1. The van der Waals surface area contributed by atoms with Crippen molar-refractivity contribution in [1.82, 2.24) is 14.9 Å². The number of aromatic nitrogens is 2. The van der Waals surface area contributed by atoms with Crippen molar-refractivity contribution in [3.8, 4) is 17.2 Å². The van der Waals surface area contributed by atoms with Crippen LogP contribution in [0.1, 0.15) is 12.0 Å². The van der Waals surface area contributed by atoms with Crippen LogP contribution in [-0.2, 0) is 13.1 Å². The van der Waals surface area contributed by atoms with E-state index >= 15 is 0 Å². The molecule has 24 heavy (non-hydrogen) atoms. The molecule has 0 aliphatic rings. The molecule has 1 heterocycles. The minimum atomic E-state index is 0. The maximum Gasteiger partial charge on any atom is 0.203 e. The van der Waals surface area contributed by atoms with Crippen molar-refractivity contribution in [3.63, 3.8) is 0 Å². The summed E-state index contributed by atoms with van der Waals surface area (Å²) in [5.74, 6) is 1.97. The van der Waals surface area contributed by atoms with Crippen molar-refractivity contribution < 1.29 is 39.0 Å². The summed E-state index contributed by atoms with van der Waals surface area (Å²) in [6.07, 6.45) is 6.64. The van der Waals surface area contributed by atoms with Crippen LogP contribution in [0.4, 0.5) is 0 Å². The van der Waals surface area contributed by atoms with Crippen LogP contribution >= 0.6 is 0 Å². The molecule has 0 aliphatic heterocycles. The third kappa shape index (κ3) is 6.11. The summed E-state index contributed by atoms with van der Waals surface area (Å²) in [5.41, 5.74) is 1.09. The molecule has 136 valence electrons. The van der Waals surface area contributed by atoms with E-state index in [1.54, 1.807) is 27.5 Å². The van der Waals surface area contributed by atoms with Gasteiger partial charge in [0.15, 0.2) is 11.5 Å². The lowest BCUT2D eigenvalue weighted by Crippen LogP contribution is -3.00. The molecular weight excluding hydrogens is 353 g/mol. The van der Waals surface area contributed by atoms with Gasteiger partial charge in [-0.05, 0) is 30.7 Å². The van der Waals surface area contributed by atoms with E-state index in [2.05, 4.69) is 14.9 Å². The molecule has 1 aromatic heterocycles. The summed E-state index contributed by atoms with van der Waals surface area (Å²) >= 11 is 0. The second-order valence-electron chi connectivity index (χ2n) is 4.86. The first-order chi connectivity index (χ1) is 10.8. The monoisotopic (exact) mass is 375 g/mol. The number of rotatable bonds is 9. The Kier molecular flexibility index (Phi) is 11.0. The van der Waals surface area contributed by atoms with E-state index in [0.717, 1.165) is 31.6 Å². The summed E-state index contributed by atoms with van der Waals surface area (Å²) in [7, 11) is 4.85. The number of halogens is 2. The Bertz CT molecular complexity index is 555. The summed E-state index contributed by atoms with van der Waals surface area (Å²) < 4.78 is 18.1. The first-order valence-electron chi connectivity index (χ1n) is 7.23. The van der Waals surface area contributed by atoms with Gasteiger partial charge >= 0.3 is 0 Å². The fourth-order valence-corrected chi connectivity index (χ4v) is 2.28. The van der Waals surface area contributed by atoms with Crippen molar-refractivity contribution >= 4 is 0 Å². The van der Waals surface area contributed by atoms with Crippen LogP contribution < -0.4 is 44.3 Å². The summed E-state index contributed by atoms with van der Waals surface area (Å²) in [5, 5.41) is 3.42. The maximum absolute atomic E-state index is 5.35. The number of hydrogen-bond donors (Lipinski definition) is 1. The Morgan fingerprint density at radius 1 is 1.04 bits per heavy atom. The summed E-state index contributed by atoms with van der Waals surface area (Å²) in [4.78, 5) is 4.03. The Hall–Kier alpha value is -1.63. The zero-order chi connectivity index (χ0) is 15.8. The number of methoxy groups -OCH3 is 3. The molecule has 1 aromatic carbocycles. The number of imidazole rings is 1. The van der Waals surface area contributed by atoms with E-state index < -0.39 is 0 Å². The highest BCUT2D eigenvalue weighted by Gasteiger charge is 2.12. The normalized spacial score (nSPS) is 9.62. The van der Waals surface area contributed by atoms with Gasteiger partial charge in [-0.1, -0.05) is 0 Å². The Morgan fingerprint density at radius 3 is 2.21 bits per heavy atom. The SMILES string of the molecule is COc1cc(CNCCCn2ccnc2)cc(OC)c1OC.[Cl-].[Cl-]. The minimum Gasteiger partial charge on any atom is -1.00 e. The molecule has 0 bridgehead atoms. The third-order valence-electron chi connectivity index (χ3n) is 3.38. The lowest BCUT2D eigenvalue weighted by atomic mass is 10.1. The Balaban J connectivity index is 0.00000264. The summed E-state index contributed by atoms with van der Waals surface area (Å²) in [6, 6.07) is 3.93. The second-order valence-corrected chi connectivity index (χ2v) is 4.86. The average molecular weight is 376 g/mol. The lowest BCUT2D eigenvalue weighted by Gasteiger charge is -2.14. The molecule has 0 saturated carbocycles. The topological polar surface area (TPSA) is 57.5 Å². The van der Waals surface area contributed by atoms with Crippen LogP contribution in [-0.4, -0.2) is 37.4 Å². The van der Waals surface area contributed by atoms with E-state index in [9.17, 15) is 0 Å². The molecular formula is C16H23Cl2N3O3-2. The van der Waals surface area contributed by atoms with Crippen molar-refractivity contribution in [1.29, 1.82) is 0 Å². The first-order valence-corrected chi connectivity index (χ1v) is 7.23. The Labute approximate surface area is 155 Å². The van der Waals surface area contributed by atoms with Crippen LogP contribution in [0, 0.1) is 0 Å². The molecule has 0 saturated heterocycles. The highest BCUT2D eigenvalue weighted by Crippen LogP contribution is 2.38. The number of nitrogens with zero attached hydrogens (tertiary/aromatic N) is 2. The predicted octanol–water partition coefficient (Wildman–Crippen LogP) is -3.90. The molecule has 6 nitrogen and oxygen atoms in total. The van der Waals surface area contributed by atoms with Crippen LogP contribution in [0.2, 0.25) is 0 Å². The first kappa shape index (κ1) is 22.4. The van der Waals surface area contributed by atoms with Gasteiger partial charge in [0.25, 0.3) is 0 Å². The average Bonchev–Trinajstić information content (AvgIpc) is 3.06. The molecule has 0 radical (unpaired) electrons. The zero-order valence-electron chi connectivity index (χ0n) is 14.1. The van der Waals surface area contributed by atoms with Gasteiger partial charge in [0.05, 0.1) is 27.7 Å². The van der Waals surface area contributed by atoms with Crippen molar-refractivity contribution in [2.45, 2.75) is 19.5 Å². The molecule has 0 aliphatic carbocycles. The molecule has 8 heteroatoms. The van der Waals surface area contributed by atoms with Gasteiger partial charge in [0, 0.05) is 25.5 Å². The van der Waals surface area contributed by atoms with Crippen LogP contribution in [0.15, 0.2) is 30.9 Å². The van der Waals surface area contributed by atoms with Crippen LogP contribution in [0.5, 0.6) is 17.2 Å². The van der Waals surface area contributed by atoms with E-state index in [1.165, 1.54) is 0 Å². The standard InChI is InChI=1S/C16H23N3O3.2ClH/c1-20-14-9-13(10-15(21-2)16(14)22-3)11-17-5-4-7-19-8-6-18-12-19;;/h6,8-10,12,17H,4-5,7,11H2,1-3H3;2*1H/p-2. The van der Waals surface area contributed by atoms with Gasteiger partial charge in [-0.25, -0.2) is 4.98 Å². The summed E-state index contributed by atoms with van der Waals surface area (Å²) in [6.45, 7) is 2.64. The maximum atomic E-state index is 5.35. The van der Waals surface area contributed by atoms with Gasteiger partial charge in [-0.15, -0.1) is 0 Å². The molecule has 1 N–H and O–H groups in total. The smallest absolute Gasteiger partial charge is 0.203 e. The number of aryl methyl sites for hydroxylation is 1. The van der Waals surface area contributed by atoms with Crippen molar-refractivity contribution in [2.24, 2.45) is 0 Å². The molecule has 0 atom stereocenters. The number of hydrogen-bond acceptors (Lipinski definition) is 5. The van der Waals surface area contributed by atoms with Crippen molar-refractivity contribution in [3.05, 3.63) is 36.4 Å². The molecule has 0 fully saturated rings.